The molecule has 1 heterocycles. The van der Waals surface area contributed by atoms with Gasteiger partial charge in [0.1, 0.15) is 0 Å². The smallest absolute Gasteiger partial charge is 0.000817 e. The molecule has 0 saturated carbocycles. The van der Waals surface area contributed by atoms with Crippen LogP contribution in [0.2, 0.25) is 0 Å². The van der Waals surface area contributed by atoms with Crippen LogP contribution in [0.25, 0.3) is 0 Å². The van der Waals surface area contributed by atoms with Crippen LogP contribution in [0.15, 0.2) is 16.8 Å². The van der Waals surface area contributed by atoms with Gasteiger partial charge in [-0.25, -0.2) is 0 Å². The van der Waals surface area contributed by atoms with Gasteiger partial charge in [-0.05, 0) is 41.9 Å². The highest BCUT2D eigenvalue weighted by Gasteiger charge is 1.89. The number of hydrogen-bond acceptors (Lipinski definition) is 2. The first-order valence-electron chi connectivity index (χ1n) is 3.65. The molecule has 0 aliphatic carbocycles. The molecule has 1 N–H and O–H groups in total. The predicted molar refractivity (Wildman–Crippen MR) is 46.6 cm³/mol. The molecule has 10 heavy (non-hydrogen) atoms. The average Bonchev–Trinajstić information content (AvgIpc) is 2.41. The molecule has 0 aliphatic rings. The second kappa shape index (κ2) is 4.47. The van der Waals surface area contributed by atoms with Crippen LogP contribution >= 0.6 is 11.3 Å². The van der Waals surface area contributed by atoms with Crippen LogP contribution in [0.1, 0.15) is 12.5 Å². The van der Waals surface area contributed by atoms with Crippen LogP contribution in [0.3, 0.4) is 0 Å². The number of thiophene rings is 1. The molecule has 0 amide bonds. The van der Waals surface area contributed by atoms with E-state index >= 15 is 0 Å². The van der Waals surface area contributed by atoms with Gasteiger partial charge in [0, 0.05) is 0 Å². The molecule has 1 aromatic rings. The maximum absolute atomic E-state index is 3.29. The maximum atomic E-state index is 3.29. The lowest BCUT2D eigenvalue weighted by Gasteiger charge is -1.97. The summed E-state index contributed by atoms with van der Waals surface area (Å²) < 4.78 is 0. The van der Waals surface area contributed by atoms with Crippen molar-refractivity contribution in [1.29, 1.82) is 0 Å². The van der Waals surface area contributed by atoms with Gasteiger partial charge in [-0.2, -0.15) is 11.3 Å². The zero-order valence-electron chi connectivity index (χ0n) is 6.26. The molecule has 0 aromatic carbocycles. The first-order chi connectivity index (χ1) is 4.93. The zero-order chi connectivity index (χ0) is 7.23. The predicted octanol–water partition coefficient (Wildman–Crippen LogP) is 1.90. The van der Waals surface area contributed by atoms with Crippen molar-refractivity contribution in [1.82, 2.24) is 5.32 Å². The first kappa shape index (κ1) is 7.76. The van der Waals surface area contributed by atoms with Gasteiger partial charge in [0.15, 0.2) is 0 Å². The minimum atomic E-state index is 1.07. The van der Waals surface area contributed by atoms with Crippen molar-refractivity contribution >= 4 is 11.3 Å². The molecule has 1 rings (SSSR count). The molecule has 0 aliphatic heterocycles. The van der Waals surface area contributed by atoms with Crippen molar-refractivity contribution < 1.29 is 0 Å². The molecule has 2 heteroatoms. The minimum Gasteiger partial charge on any atom is -0.317 e. The fourth-order valence-electron chi connectivity index (χ4n) is 0.844. The molecule has 0 bridgehead atoms. The largest absolute Gasteiger partial charge is 0.317 e. The highest BCUT2D eigenvalue weighted by Crippen LogP contribution is 2.05. The SMILES string of the molecule is CCNCCc1ccsc1. The second-order valence-electron chi connectivity index (χ2n) is 2.24. The third kappa shape index (κ3) is 2.50. The molecule has 0 radical (unpaired) electrons. The molecule has 0 spiro atoms. The summed E-state index contributed by atoms with van der Waals surface area (Å²) >= 11 is 1.77. The van der Waals surface area contributed by atoms with Gasteiger partial charge in [0.05, 0.1) is 0 Å². The van der Waals surface area contributed by atoms with E-state index in [-0.39, 0.29) is 0 Å². The zero-order valence-corrected chi connectivity index (χ0v) is 7.08. The van der Waals surface area contributed by atoms with Gasteiger partial charge >= 0.3 is 0 Å². The third-order valence-electron chi connectivity index (χ3n) is 1.42. The van der Waals surface area contributed by atoms with Crippen LogP contribution in [-0.4, -0.2) is 13.1 Å². The molecular weight excluding hydrogens is 142 g/mol. The van der Waals surface area contributed by atoms with E-state index < -0.39 is 0 Å². The van der Waals surface area contributed by atoms with Crippen LogP contribution in [0.4, 0.5) is 0 Å². The van der Waals surface area contributed by atoms with Gasteiger partial charge in [-0.15, -0.1) is 0 Å². The van der Waals surface area contributed by atoms with Crippen molar-refractivity contribution in [2.75, 3.05) is 13.1 Å². The van der Waals surface area contributed by atoms with Crippen LogP contribution < -0.4 is 5.32 Å². The topological polar surface area (TPSA) is 12.0 Å². The monoisotopic (exact) mass is 155 g/mol. The van der Waals surface area contributed by atoms with E-state index in [9.17, 15) is 0 Å². The molecule has 0 fully saturated rings. The molecule has 1 nitrogen and oxygen atoms in total. The van der Waals surface area contributed by atoms with E-state index in [2.05, 4.69) is 29.1 Å². The van der Waals surface area contributed by atoms with E-state index in [0.29, 0.717) is 0 Å². The Bertz CT molecular complexity index is 158. The lowest BCUT2D eigenvalue weighted by Crippen LogP contribution is -2.15. The maximum Gasteiger partial charge on any atom is -0.000817 e. The van der Waals surface area contributed by atoms with Crippen LogP contribution in [0, 0.1) is 0 Å². The van der Waals surface area contributed by atoms with Gasteiger partial charge in [0.25, 0.3) is 0 Å². The average molecular weight is 155 g/mol. The van der Waals surface area contributed by atoms with Crippen molar-refractivity contribution in [2.45, 2.75) is 13.3 Å². The summed E-state index contributed by atoms with van der Waals surface area (Å²) in [4.78, 5) is 0. The van der Waals surface area contributed by atoms with E-state index in [0.717, 1.165) is 19.5 Å². The van der Waals surface area contributed by atoms with E-state index in [1.165, 1.54) is 5.56 Å². The van der Waals surface area contributed by atoms with E-state index in [4.69, 9.17) is 0 Å². The summed E-state index contributed by atoms with van der Waals surface area (Å²) in [7, 11) is 0. The molecule has 0 saturated heterocycles. The Labute approximate surface area is 66.1 Å². The Kier molecular flexibility index (Phi) is 3.47. The number of likely N-dealkylation sites (N-methyl/N-ethyl adjacent to an activating group) is 1. The van der Waals surface area contributed by atoms with Gasteiger partial charge < -0.3 is 5.32 Å². The third-order valence-corrected chi connectivity index (χ3v) is 2.15. The second-order valence-corrected chi connectivity index (χ2v) is 3.02. The first-order valence-corrected chi connectivity index (χ1v) is 4.59. The van der Waals surface area contributed by atoms with Crippen molar-refractivity contribution in [3.05, 3.63) is 22.4 Å². The summed E-state index contributed by atoms with van der Waals surface area (Å²) in [5.41, 5.74) is 1.45. The highest BCUT2D eigenvalue weighted by atomic mass is 32.1. The molecule has 0 atom stereocenters. The highest BCUT2D eigenvalue weighted by molar-refractivity contribution is 7.07. The summed E-state index contributed by atoms with van der Waals surface area (Å²) in [6, 6.07) is 2.18. The van der Waals surface area contributed by atoms with Crippen LogP contribution in [0.5, 0.6) is 0 Å². The Morgan fingerprint density at radius 1 is 1.60 bits per heavy atom. The van der Waals surface area contributed by atoms with Crippen molar-refractivity contribution in [3.63, 3.8) is 0 Å². The number of rotatable bonds is 4. The molecule has 56 valence electrons. The summed E-state index contributed by atoms with van der Waals surface area (Å²) in [6.07, 6.45) is 1.16. The lowest BCUT2D eigenvalue weighted by atomic mass is 10.2. The standard InChI is InChI=1S/C8H13NS/c1-2-9-5-3-8-4-6-10-7-8/h4,6-7,9H,2-3,5H2,1H3. The fraction of sp³-hybridized carbons (Fsp3) is 0.500. The minimum absolute atomic E-state index is 1.07. The quantitative estimate of drug-likeness (QED) is 0.655. The fourth-order valence-corrected chi connectivity index (χ4v) is 1.55. The molecule has 0 unspecified atom stereocenters. The summed E-state index contributed by atoms with van der Waals surface area (Å²) in [5.74, 6) is 0. The van der Waals surface area contributed by atoms with Gasteiger partial charge in [0.2, 0.25) is 0 Å². The number of nitrogens with one attached hydrogen (secondary N) is 1. The summed E-state index contributed by atoms with van der Waals surface area (Å²) in [5, 5.41) is 7.62. The normalized spacial score (nSPS) is 10.1. The molecular formula is C8H13NS. The summed E-state index contributed by atoms with van der Waals surface area (Å²) in [6.45, 7) is 4.31. The Morgan fingerprint density at radius 2 is 2.50 bits per heavy atom. The van der Waals surface area contributed by atoms with Crippen LogP contribution in [-0.2, 0) is 6.42 Å². The van der Waals surface area contributed by atoms with Crippen molar-refractivity contribution in [3.8, 4) is 0 Å². The number of hydrogen-bond donors (Lipinski definition) is 1. The van der Waals surface area contributed by atoms with E-state index in [1.807, 2.05) is 0 Å². The lowest BCUT2D eigenvalue weighted by molar-refractivity contribution is 0.717. The van der Waals surface area contributed by atoms with Gasteiger partial charge in [-0.3, -0.25) is 0 Å². The van der Waals surface area contributed by atoms with E-state index in [1.54, 1.807) is 11.3 Å². The Morgan fingerprint density at radius 3 is 3.10 bits per heavy atom. The Hall–Kier alpha value is -0.340. The van der Waals surface area contributed by atoms with Gasteiger partial charge in [-0.1, -0.05) is 6.92 Å². The van der Waals surface area contributed by atoms with Crippen molar-refractivity contribution in [2.24, 2.45) is 0 Å². The Balaban J connectivity index is 2.15. The molecule has 1 aromatic heterocycles.